The van der Waals surface area contributed by atoms with E-state index in [1.54, 1.807) is 13.8 Å². The first-order valence-electron chi connectivity index (χ1n) is 10.9. The topological polar surface area (TPSA) is 121 Å². The Morgan fingerprint density at radius 2 is 1.71 bits per heavy atom. The first-order valence-corrected chi connectivity index (χ1v) is 14.5. The van der Waals surface area contributed by atoms with Crippen molar-refractivity contribution in [3.63, 3.8) is 0 Å². The number of halogens is 4. The van der Waals surface area contributed by atoms with Gasteiger partial charge in [-0.05, 0) is 42.5 Å². The standard InChI is InChI=1S/C22H21ClF3N5O4S3/c1-3-31(4-2)38(34,35)15-8-5-13(6-9-15)19(33)28-20-29-30-21(37-20)36-12-18(32)27-17-11-14(22(24,25)26)7-10-16(17)23/h5-11H,3-4,12H2,1-2H3,(H,27,32)(H,28,29,33). The van der Waals surface area contributed by atoms with Crippen molar-refractivity contribution in [2.45, 2.75) is 29.3 Å². The van der Waals surface area contributed by atoms with Crippen LogP contribution in [0.5, 0.6) is 0 Å². The highest BCUT2D eigenvalue weighted by Gasteiger charge is 2.31. The Morgan fingerprint density at radius 3 is 2.32 bits per heavy atom. The van der Waals surface area contributed by atoms with E-state index in [2.05, 4.69) is 20.8 Å². The van der Waals surface area contributed by atoms with E-state index >= 15 is 0 Å². The van der Waals surface area contributed by atoms with Gasteiger partial charge in [-0.1, -0.05) is 48.5 Å². The minimum atomic E-state index is -4.59. The summed E-state index contributed by atoms with van der Waals surface area (Å²) in [6.45, 7) is 4.10. The van der Waals surface area contributed by atoms with Gasteiger partial charge in [0.2, 0.25) is 21.1 Å². The Morgan fingerprint density at radius 1 is 1.05 bits per heavy atom. The zero-order valence-electron chi connectivity index (χ0n) is 19.9. The molecule has 3 aromatic rings. The van der Waals surface area contributed by atoms with Crippen LogP contribution in [0.4, 0.5) is 24.0 Å². The summed E-state index contributed by atoms with van der Waals surface area (Å²) in [6.07, 6.45) is -4.59. The minimum absolute atomic E-state index is 0.0454. The van der Waals surface area contributed by atoms with E-state index in [-0.39, 0.29) is 32.1 Å². The monoisotopic (exact) mass is 607 g/mol. The molecule has 2 N–H and O–H groups in total. The second-order valence-electron chi connectivity index (χ2n) is 7.47. The molecule has 1 aromatic heterocycles. The molecular formula is C22H21ClF3N5O4S3. The SMILES string of the molecule is CCN(CC)S(=O)(=O)c1ccc(C(=O)Nc2nnc(SCC(=O)Nc3cc(C(F)(F)F)ccc3Cl)s2)cc1. The zero-order valence-corrected chi connectivity index (χ0v) is 23.1. The fourth-order valence-corrected chi connectivity index (χ4v) is 6.26. The Balaban J connectivity index is 1.57. The molecule has 0 radical (unpaired) electrons. The third kappa shape index (κ3) is 7.44. The summed E-state index contributed by atoms with van der Waals surface area (Å²) in [4.78, 5) is 24.8. The van der Waals surface area contributed by atoms with E-state index < -0.39 is 33.6 Å². The lowest BCUT2D eigenvalue weighted by atomic mass is 10.2. The maximum atomic E-state index is 12.9. The average Bonchev–Trinajstić information content (AvgIpc) is 3.31. The molecule has 0 bridgehead atoms. The number of anilines is 2. The van der Waals surface area contributed by atoms with Crippen LogP contribution in [0.2, 0.25) is 5.02 Å². The molecule has 2 aromatic carbocycles. The number of nitrogens with one attached hydrogen (secondary N) is 2. The summed E-state index contributed by atoms with van der Waals surface area (Å²) in [7, 11) is -3.66. The quantitative estimate of drug-likeness (QED) is 0.239. The fraction of sp³-hybridized carbons (Fsp3) is 0.273. The van der Waals surface area contributed by atoms with Gasteiger partial charge in [-0.3, -0.25) is 14.9 Å². The van der Waals surface area contributed by atoms with Gasteiger partial charge in [-0.15, -0.1) is 10.2 Å². The van der Waals surface area contributed by atoms with Gasteiger partial charge in [0.05, 0.1) is 26.9 Å². The summed E-state index contributed by atoms with van der Waals surface area (Å²) in [6, 6.07) is 8.06. The van der Waals surface area contributed by atoms with Crippen LogP contribution in [0.3, 0.4) is 0 Å². The molecule has 9 nitrogen and oxygen atoms in total. The second kappa shape index (κ2) is 12.4. The molecule has 0 atom stereocenters. The largest absolute Gasteiger partial charge is 0.416 e. The number of sulfonamides is 1. The van der Waals surface area contributed by atoms with Gasteiger partial charge >= 0.3 is 6.18 Å². The van der Waals surface area contributed by atoms with Gasteiger partial charge in [-0.2, -0.15) is 17.5 Å². The highest BCUT2D eigenvalue weighted by Crippen LogP contribution is 2.34. The number of hydrogen-bond donors (Lipinski definition) is 2. The van der Waals surface area contributed by atoms with Crippen LogP contribution in [0, 0.1) is 0 Å². The van der Waals surface area contributed by atoms with E-state index in [0.717, 1.165) is 41.3 Å². The smallest absolute Gasteiger partial charge is 0.324 e. The molecule has 38 heavy (non-hydrogen) atoms. The first kappa shape index (κ1) is 29.8. The van der Waals surface area contributed by atoms with Crippen molar-refractivity contribution in [3.8, 4) is 0 Å². The van der Waals surface area contributed by atoms with Crippen LogP contribution < -0.4 is 10.6 Å². The lowest BCUT2D eigenvalue weighted by molar-refractivity contribution is -0.137. The van der Waals surface area contributed by atoms with Gasteiger partial charge < -0.3 is 5.32 Å². The second-order valence-corrected chi connectivity index (χ2v) is 12.0. The number of carbonyl (C=O) groups excluding carboxylic acids is 2. The van der Waals surface area contributed by atoms with E-state index in [1.807, 2.05) is 0 Å². The Bertz CT molecular complexity index is 1410. The van der Waals surface area contributed by atoms with E-state index in [0.29, 0.717) is 17.4 Å². The Labute approximate surface area is 229 Å². The van der Waals surface area contributed by atoms with Crippen molar-refractivity contribution in [1.29, 1.82) is 0 Å². The average molecular weight is 608 g/mol. The molecule has 1 heterocycles. The summed E-state index contributed by atoms with van der Waals surface area (Å²) in [5, 5.41) is 12.7. The molecule has 0 aliphatic heterocycles. The maximum Gasteiger partial charge on any atom is 0.416 e. The number of carbonyl (C=O) groups is 2. The van der Waals surface area contributed by atoms with Crippen molar-refractivity contribution >= 4 is 67.4 Å². The highest BCUT2D eigenvalue weighted by atomic mass is 35.5. The molecule has 0 fully saturated rings. The molecule has 204 valence electrons. The van der Waals surface area contributed by atoms with Crippen molar-refractivity contribution in [2.75, 3.05) is 29.5 Å². The third-order valence-corrected chi connectivity index (χ3v) is 9.35. The Kier molecular flexibility index (Phi) is 9.75. The number of thioether (sulfide) groups is 1. The molecule has 2 amide bonds. The summed E-state index contributed by atoms with van der Waals surface area (Å²) >= 11 is 7.83. The molecule has 0 aliphatic rings. The number of rotatable bonds is 10. The number of aromatic nitrogens is 2. The van der Waals surface area contributed by atoms with Gasteiger partial charge in [0, 0.05) is 18.7 Å². The molecule has 0 saturated carbocycles. The predicted molar refractivity (Wildman–Crippen MR) is 140 cm³/mol. The van der Waals surface area contributed by atoms with E-state index in [9.17, 15) is 31.2 Å². The van der Waals surface area contributed by atoms with Crippen molar-refractivity contribution in [1.82, 2.24) is 14.5 Å². The van der Waals surface area contributed by atoms with Gasteiger partial charge in [0.15, 0.2) is 4.34 Å². The lowest BCUT2D eigenvalue weighted by Gasteiger charge is -2.18. The number of hydrogen-bond acceptors (Lipinski definition) is 8. The lowest BCUT2D eigenvalue weighted by Crippen LogP contribution is -2.30. The third-order valence-electron chi connectivity index (χ3n) is 4.98. The number of amides is 2. The minimum Gasteiger partial charge on any atom is -0.324 e. The molecule has 0 aliphatic carbocycles. The van der Waals surface area contributed by atoms with Gasteiger partial charge in [-0.25, -0.2) is 8.42 Å². The molecule has 0 saturated heterocycles. The Hall–Kier alpha value is -2.72. The van der Waals surface area contributed by atoms with Gasteiger partial charge in [0.25, 0.3) is 5.91 Å². The van der Waals surface area contributed by atoms with Crippen LogP contribution >= 0.6 is 34.7 Å². The summed E-state index contributed by atoms with van der Waals surface area (Å²) in [5.74, 6) is -1.35. The van der Waals surface area contributed by atoms with Crippen molar-refractivity contribution < 1.29 is 31.2 Å². The van der Waals surface area contributed by atoms with Crippen LogP contribution in [-0.4, -0.2) is 53.6 Å². The van der Waals surface area contributed by atoms with Crippen LogP contribution in [0.1, 0.15) is 29.8 Å². The normalized spacial score (nSPS) is 12.0. The fourth-order valence-electron chi connectivity index (χ4n) is 3.09. The summed E-state index contributed by atoms with van der Waals surface area (Å²) in [5.41, 5.74) is -0.923. The van der Waals surface area contributed by atoms with E-state index in [1.165, 1.54) is 28.6 Å². The summed E-state index contributed by atoms with van der Waals surface area (Å²) < 4.78 is 65.5. The van der Waals surface area contributed by atoms with Crippen LogP contribution in [0.25, 0.3) is 0 Å². The van der Waals surface area contributed by atoms with Gasteiger partial charge in [0.1, 0.15) is 0 Å². The van der Waals surface area contributed by atoms with Crippen molar-refractivity contribution in [2.24, 2.45) is 0 Å². The first-order chi connectivity index (χ1) is 17.8. The number of nitrogens with zero attached hydrogens (tertiary/aromatic N) is 3. The van der Waals surface area contributed by atoms with E-state index in [4.69, 9.17) is 11.6 Å². The molecule has 0 unspecified atom stereocenters. The molecular weight excluding hydrogens is 587 g/mol. The molecule has 16 heteroatoms. The predicted octanol–water partition coefficient (Wildman–Crippen LogP) is 5.22. The molecule has 3 rings (SSSR count). The molecule has 0 spiro atoms. The highest BCUT2D eigenvalue weighted by molar-refractivity contribution is 8.01. The zero-order chi connectivity index (χ0) is 28.1. The maximum absolute atomic E-state index is 12.9. The number of alkyl halides is 3. The number of benzene rings is 2. The van der Waals surface area contributed by atoms with Crippen molar-refractivity contribution in [3.05, 3.63) is 58.6 Å². The van der Waals surface area contributed by atoms with Crippen LogP contribution in [0.15, 0.2) is 51.7 Å². The van der Waals surface area contributed by atoms with Crippen LogP contribution in [-0.2, 0) is 21.0 Å².